The number of carbonyl (C=O) groups is 2. The number of carbonyl (C=O) groups excluding carboxylic acids is 2. The zero-order chi connectivity index (χ0) is 20.6. The van der Waals surface area contributed by atoms with E-state index in [9.17, 15) is 9.59 Å². The zero-order valence-electron chi connectivity index (χ0n) is 16.8. The van der Waals surface area contributed by atoms with Crippen molar-refractivity contribution in [2.75, 3.05) is 53.0 Å². The first-order valence-corrected chi connectivity index (χ1v) is 9.60. The van der Waals surface area contributed by atoms with Crippen molar-refractivity contribution in [3.8, 4) is 11.6 Å². The summed E-state index contributed by atoms with van der Waals surface area (Å²) in [4.78, 5) is 28.6. The molecule has 29 heavy (non-hydrogen) atoms. The van der Waals surface area contributed by atoms with Gasteiger partial charge in [-0.3, -0.25) is 19.2 Å². The number of piperazine rings is 1. The number of nitrogens with zero attached hydrogens (tertiary/aromatic N) is 4. The minimum Gasteiger partial charge on any atom is -0.484 e. The zero-order valence-corrected chi connectivity index (χ0v) is 16.8. The van der Waals surface area contributed by atoms with Crippen LogP contribution in [0.1, 0.15) is 10.4 Å². The molecule has 1 aliphatic heterocycles. The van der Waals surface area contributed by atoms with Crippen LogP contribution in [0, 0.1) is 0 Å². The quantitative estimate of drug-likeness (QED) is 0.688. The highest BCUT2D eigenvalue weighted by atomic mass is 16.5. The van der Waals surface area contributed by atoms with E-state index in [4.69, 9.17) is 9.47 Å². The molecular weight excluding hydrogens is 374 g/mol. The van der Waals surface area contributed by atoms with Gasteiger partial charge in [0.05, 0.1) is 7.11 Å². The molecule has 9 nitrogen and oxygen atoms in total. The average molecular weight is 401 g/mol. The van der Waals surface area contributed by atoms with Gasteiger partial charge in [-0.1, -0.05) is 18.2 Å². The maximum atomic E-state index is 12.7. The Kier molecular flexibility index (Phi) is 7.07. The van der Waals surface area contributed by atoms with Crippen molar-refractivity contribution in [1.29, 1.82) is 0 Å². The summed E-state index contributed by atoms with van der Waals surface area (Å²) in [6, 6.07) is 9.25. The summed E-state index contributed by atoms with van der Waals surface area (Å²) in [6.45, 7) is 4.04. The molecule has 0 saturated carbocycles. The van der Waals surface area contributed by atoms with Crippen molar-refractivity contribution in [3.63, 3.8) is 0 Å². The van der Waals surface area contributed by atoms with Crippen molar-refractivity contribution >= 4 is 11.8 Å². The molecule has 156 valence electrons. The minimum absolute atomic E-state index is 0.000757. The minimum atomic E-state index is -0.147. The van der Waals surface area contributed by atoms with Crippen molar-refractivity contribution in [2.24, 2.45) is 7.05 Å². The number of aromatic nitrogens is 2. The summed E-state index contributed by atoms with van der Waals surface area (Å²) >= 11 is 0. The molecule has 1 aromatic carbocycles. The van der Waals surface area contributed by atoms with E-state index in [2.05, 4.69) is 15.3 Å². The van der Waals surface area contributed by atoms with Gasteiger partial charge in [0.1, 0.15) is 11.3 Å². The number of aryl methyl sites for hydroxylation is 1. The molecule has 0 spiro atoms. The Morgan fingerprint density at radius 2 is 1.86 bits per heavy atom. The highest BCUT2D eigenvalue weighted by Crippen LogP contribution is 2.18. The van der Waals surface area contributed by atoms with Crippen LogP contribution >= 0.6 is 0 Å². The molecule has 2 aromatic rings. The van der Waals surface area contributed by atoms with Gasteiger partial charge in [-0.05, 0) is 12.1 Å². The highest BCUT2D eigenvalue weighted by Gasteiger charge is 2.26. The molecule has 3 rings (SSSR count). The Hall–Kier alpha value is -3.07. The fraction of sp³-hybridized carbons (Fsp3) is 0.450. The number of hydrogen-bond acceptors (Lipinski definition) is 6. The lowest BCUT2D eigenvalue weighted by Crippen LogP contribution is -2.50. The number of amides is 2. The third-order valence-electron chi connectivity index (χ3n) is 4.74. The average Bonchev–Trinajstić information content (AvgIpc) is 3.14. The molecule has 0 bridgehead atoms. The van der Waals surface area contributed by atoms with Crippen LogP contribution in [0.2, 0.25) is 0 Å². The van der Waals surface area contributed by atoms with E-state index in [0.717, 1.165) is 19.6 Å². The van der Waals surface area contributed by atoms with Gasteiger partial charge in [-0.25, -0.2) is 0 Å². The van der Waals surface area contributed by atoms with E-state index < -0.39 is 0 Å². The lowest BCUT2D eigenvalue weighted by atomic mass is 10.2. The second-order valence-corrected chi connectivity index (χ2v) is 6.81. The Balaban J connectivity index is 1.35. The normalized spacial score (nSPS) is 14.5. The van der Waals surface area contributed by atoms with Gasteiger partial charge in [-0.15, -0.1) is 5.10 Å². The molecule has 2 amide bonds. The second-order valence-electron chi connectivity index (χ2n) is 6.81. The second kappa shape index (κ2) is 9.92. The summed E-state index contributed by atoms with van der Waals surface area (Å²) in [6.07, 6.45) is 1.68. The maximum absolute atomic E-state index is 12.7. The number of benzene rings is 1. The topological polar surface area (TPSA) is 88.9 Å². The molecular formula is C20H27N5O4. The Labute approximate surface area is 170 Å². The smallest absolute Gasteiger partial charge is 0.261 e. The highest BCUT2D eigenvalue weighted by molar-refractivity contribution is 5.96. The molecule has 1 saturated heterocycles. The fourth-order valence-corrected chi connectivity index (χ4v) is 3.18. The van der Waals surface area contributed by atoms with E-state index in [1.54, 1.807) is 17.9 Å². The summed E-state index contributed by atoms with van der Waals surface area (Å²) in [5, 5.41) is 7.00. The molecule has 1 aromatic heterocycles. The molecule has 0 aliphatic carbocycles. The Morgan fingerprint density at radius 3 is 2.55 bits per heavy atom. The third-order valence-corrected chi connectivity index (χ3v) is 4.74. The van der Waals surface area contributed by atoms with Crippen molar-refractivity contribution in [1.82, 2.24) is 24.9 Å². The van der Waals surface area contributed by atoms with Crippen LogP contribution in [-0.2, 0) is 11.8 Å². The van der Waals surface area contributed by atoms with Gasteiger partial charge >= 0.3 is 0 Å². The number of hydrogen-bond donors (Lipinski definition) is 1. The van der Waals surface area contributed by atoms with Crippen molar-refractivity contribution in [2.45, 2.75) is 0 Å². The Bertz CT molecular complexity index is 816. The summed E-state index contributed by atoms with van der Waals surface area (Å²) in [7, 11) is 3.27. The first-order valence-electron chi connectivity index (χ1n) is 9.60. The predicted octanol–water partition coefficient (Wildman–Crippen LogP) is 0.382. The molecule has 9 heteroatoms. The summed E-state index contributed by atoms with van der Waals surface area (Å²) < 4.78 is 12.2. The molecule has 1 aliphatic rings. The molecule has 1 fully saturated rings. The largest absolute Gasteiger partial charge is 0.484 e. The molecule has 0 unspecified atom stereocenters. The first-order chi connectivity index (χ1) is 14.1. The predicted molar refractivity (Wildman–Crippen MR) is 107 cm³/mol. The maximum Gasteiger partial charge on any atom is 0.261 e. The van der Waals surface area contributed by atoms with E-state index >= 15 is 0 Å². The van der Waals surface area contributed by atoms with Gasteiger partial charge in [0.25, 0.3) is 11.8 Å². The van der Waals surface area contributed by atoms with E-state index in [1.807, 2.05) is 35.2 Å². The lowest BCUT2D eigenvalue weighted by molar-refractivity contribution is -0.123. The molecule has 0 radical (unpaired) electrons. The van der Waals surface area contributed by atoms with Crippen LogP contribution in [0.4, 0.5) is 0 Å². The van der Waals surface area contributed by atoms with Crippen LogP contribution < -0.4 is 14.8 Å². The molecule has 0 atom stereocenters. The van der Waals surface area contributed by atoms with Gasteiger partial charge in [0, 0.05) is 52.5 Å². The third kappa shape index (κ3) is 5.71. The number of methoxy groups -OCH3 is 1. The van der Waals surface area contributed by atoms with Crippen LogP contribution in [0.5, 0.6) is 11.6 Å². The van der Waals surface area contributed by atoms with Gasteiger partial charge < -0.3 is 19.7 Å². The fourth-order valence-electron chi connectivity index (χ4n) is 3.18. The van der Waals surface area contributed by atoms with Crippen LogP contribution in [0.25, 0.3) is 0 Å². The van der Waals surface area contributed by atoms with Gasteiger partial charge in [0.2, 0.25) is 5.88 Å². The number of rotatable bonds is 8. The first kappa shape index (κ1) is 20.7. The van der Waals surface area contributed by atoms with Gasteiger partial charge in [-0.2, -0.15) is 0 Å². The lowest BCUT2D eigenvalue weighted by Gasteiger charge is -2.34. The van der Waals surface area contributed by atoms with Crippen LogP contribution in [-0.4, -0.2) is 84.4 Å². The number of ether oxygens (including phenoxy) is 2. The number of nitrogens with one attached hydrogen (secondary N) is 1. The van der Waals surface area contributed by atoms with E-state index in [-0.39, 0.29) is 18.4 Å². The molecule has 1 N–H and O–H groups in total. The monoisotopic (exact) mass is 401 g/mol. The Morgan fingerprint density at radius 1 is 1.14 bits per heavy atom. The SMILES string of the molecule is COc1nn(C)cc1C(=O)N1CCN(CCNC(=O)COc2ccccc2)CC1. The van der Waals surface area contributed by atoms with E-state index in [1.165, 1.54) is 7.11 Å². The van der Waals surface area contributed by atoms with Crippen LogP contribution in [0.3, 0.4) is 0 Å². The van der Waals surface area contributed by atoms with E-state index in [0.29, 0.717) is 36.8 Å². The van der Waals surface area contributed by atoms with Crippen molar-refractivity contribution < 1.29 is 19.1 Å². The summed E-state index contributed by atoms with van der Waals surface area (Å²) in [5.74, 6) is 0.807. The van der Waals surface area contributed by atoms with Gasteiger partial charge in [0.15, 0.2) is 6.61 Å². The molecule has 2 heterocycles. The van der Waals surface area contributed by atoms with Crippen molar-refractivity contribution in [3.05, 3.63) is 42.1 Å². The summed E-state index contributed by atoms with van der Waals surface area (Å²) in [5.41, 5.74) is 0.481. The standard InChI is InChI=1S/C20H27N5O4/c1-23-14-17(19(22-23)28-2)20(27)25-12-10-24(11-13-25)9-8-21-18(26)15-29-16-6-4-3-5-7-16/h3-7,14H,8-13,15H2,1-2H3,(H,21,26). The number of para-hydroxylation sites is 1. The van der Waals surface area contributed by atoms with Crippen LogP contribution in [0.15, 0.2) is 36.5 Å².